The molecule has 3 aliphatic rings. The van der Waals surface area contributed by atoms with Crippen molar-refractivity contribution in [1.82, 2.24) is 31.6 Å². The number of ether oxygens (including phenoxy) is 2. The van der Waals surface area contributed by atoms with Crippen molar-refractivity contribution in [2.75, 3.05) is 32.9 Å². The third kappa shape index (κ3) is 8.80. The van der Waals surface area contributed by atoms with Crippen LogP contribution in [-0.4, -0.2) is 79.6 Å². The van der Waals surface area contributed by atoms with Gasteiger partial charge in [-0.15, -0.1) is 11.3 Å². The first-order chi connectivity index (χ1) is 24.3. The number of aryl methyl sites for hydroxylation is 1. The molecule has 2 aromatic carbocycles. The molecule has 2 saturated heterocycles. The van der Waals surface area contributed by atoms with Gasteiger partial charge in [-0.1, -0.05) is 31.2 Å². The molecule has 0 bridgehead atoms. The predicted molar refractivity (Wildman–Crippen MR) is 191 cm³/mol. The van der Waals surface area contributed by atoms with E-state index in [1.807, 2.05) is 43.3 Å². The van der Waals surface area contributed by atoms with E-state index in [9.17, 15) is 19.2 Å². The van der Waals surface area contributed by atoms with Crippen molar-refractivity contribution in [3.63, 3.8) is 0 Å². The van der Waals surface area contributed by atoms with Crippen molar-refractivity contribution in [3.8, 4) is 5.75 Å². The second-order valence-corrected chi connectivity index (χ2v) is 14.6. The van der Waals surface area contributed by atoms with Gasteiger partial charge in [0.1, 0.15) is 23.9 Å². The van der Waals surface area contributed by atoms with Crippen molar-refractivity contribution in [2.24, 2.45) is 11.8 Å². The molecule has 5 N–H and O–H groups in total. The van der Waals surface area contributed by atoms with Gasteiger partial charge in [-0.3, -0.25) is 19.2 Å². The number of hydrogen-bond acceptors (Lipinski definition) is 9. The molecule has 0 radical (unpaired) electrons. The van der Waals surface area contributed by atoms with E-state index in [1.165, 1.54) is 11.3 Å². The molecule has 4 atom stereocenters. The van der Waals surface area contributed by atoms with Crippen molar-refractivity contribution >= 4 is 45.2 Å². The Bertz CT molecular complexity index is 1670. The first kappa shape index (κ1) is 35.7. The molecular formula is C37H48N6O6S. The topological polar surface area (TPSA) is 160 Å². The minimum atomic E-state index is -0.934. The molecular weight excluding hydrogens is 657 g/mol. The normalized spacial score (nSPS) is 20.1. The van der Waals surface area contributed by atoms with Crippen molar-refractivity contribution in [1.29, 1.82) is 0 Å². The van der Waals surface area contributed by atoms with Gasteiger partial charge in [-0.2, -0.15) is 0 Å². The second kappa shape index (κ2) is 16.8. The quantitative estimate of drug-likeness (QED) is 0.193. The van der Waals surface area contributed by atoms with Gasteiger partial charge in [0.05, 0.1) is 27.9 Å². The summed E-state index contributed by atoms with van der Waals surface area (Å²) >= 11 is 1.49. The lowest BCUT2D eigenvalue weighted by atomic mass is 9.87. The number of benzene rings is 2. The highest BCUT2D eigenvalue weighted by Crippen LogP contribution is 2.32. The van der Waals surface area contributed by atoms with Crippen LogP contribution in [0.5, 0.6) is 5.75 Å². The predicted octanol–water partition coefficient (Wildman–Crippen LogP) is 3.08. The molecule has 3 aliphatic heterocycles. The van der Waals surface area contributed by atoms with Crippen LogP contribution in [0.4, 0.5) is 0 Å². The molecule has 2 fully saturated rings. The molecule has 13 heteroatoms. The van der Waals surface area contributed by atoms with Crippen molar-refractivity contribution < 1.29 is 28.7 Å². The molecule has 0 saturated carbocycles. The summed E-state index contributed by atoms with van der Waals surface area (Å²) in [5.74, 6) is -0.933. The Balaban J connectivity index is 1.22. The summed E-state index contributed by atoms with van der Waals surface area (Å²) in [6.45, 7) is 6.65. The number of aromatic nitrogens is 1. The van der Waals surface area contributed by atoms with Crippen molar-refractivity contribution in [3.05, 3.63) is 58.6 Å². The Morgan fingerprint density at radius 1 is 0.880 bits per heavy atom. The van der Waals surface area contributed by atoms with E-state index in [-0.39, 0.29) is 42.5 Å². The zero-order chi connectivity index (χ0) is 35.0. The Hall–Kier alpha value is -4.07. The van der Waals surface area contributed by atoms with E-state index >= 15 is 0 Å². The molecule has 1 aromatic heterocycles. The molecule has 0 unspecified atom stereocenters. The highest BCUT2D eigenvalue weighted by Gasteiger charge is 2.39. The van der Waals surface area contributed by atoms with Gasteiger partial charge in [0.15, 0.2) is 0 Å². The molecule has 3 aromatic rings. The van der Waals surface area contributed by atoms with Crippen LogP contribution in [0.15, 0.2) is 42.5 Å². The first-order valence-corrected chi connectivity index (χ1v) is 18.7. The van der Waals surface area contributed by atoms with Crippen LogP contribution in [0.2, 0.25) is 0 Å². The lowest BCUT2D eigenvalue weighted by Gasteiger charge is -2.36. The number of carbonyl (C=O) groups is 4. The van der Waals surface area contributed by atoms with Gasteiger partial charge >= 0.3 is 0 Å². The van der Waals surface area contributed by atoms with Gasteiger partial charge in [0.25, 0.3) is 0 Å². The molecule has 12 nitrogen and oxygen atoms in total. The van der Waals surface area contributed by atoms with Crippen LogP contribution in [0.25, 0.3) is 10.2 Å². The smallest absolute Gasteiger partial charge is 0.243 e. The third-order valence-corrected chi connectivity index (χ3v) is 11.0. The molecule has 6 rings (SSSR count). The lowest BCUT2D eigenvalue weighted by molar-refractivity contribution is -0.136. The fourth-order valence-corrected chi connectivity index (χ4v) is 8.23. The Morgan fingerprint density at radius 3 is 2.38 bits per heavy atom. The fraction of sp³-hybridized carbons (Fsp3) is 0.541. The summed E-state index contributed by atoms with van der Waals surface area (Å²) in [4.78, 5) is 59.9. The molecule has 268 valence electrons. The van der Waals surface area contributed by atoms with Crippen LogP contribution < -0.4 is 31.3 Å². The maximum atomic E-state index is 14.4. The van der Waals surface area contributed by atoms with Crippen LogP contribution in [0.1, 0.15) is 67.6 Å². The van der Waals surface area contributed by atoms with E-state index in [0.717, 1.165) is 53.0 Å². The molecule has 0 aliphatic carbocycles. The van der Waals surface area contributed by atoms with E-state index in [1.54, 1.807) is 6.92 Å². The SMILES string of the molecule is CCC(=O)N[C@@H](Cc1nc2ccc(C)cc2s1)C(=O)N[C@H](C(=O)N[C@H](C(=O)N[C@@H]1CCOc2ccccc21)C1CCNCC1)C1CCOCC1. The van der Waals surface area contributed by atoms with Crippen LogP contribution in [-0.2, 0) is 30.3 Å². The standard InChI is InChI=1S/C37H48N6O6S/c1-3-31(44)39-28(21-32-40-27-9-8-22(2)20-30(27)50-32)35(45)42-34(24-12-17-48-18-13-24)37(47)43-33(23-10-15-38-16-11-23)36(46)41-26-14-19-49-29-7-5-4-6-25(26)29/h4-9,20,23-24,26,28,33-34,38H,3,10-19,21H2,1-2H3,(H,39,44)(H,41,46)(H,42,45)(H,43,47)/t26-,28+,33+,34+/m1/s1. The van der Waals surface area contributed by atoms with E-state index in [4.69, 9.17) is 14.5 Å². The third-order valence-electron chi connectivity index (χ3n) is 9.97. The van der Waals surface area contributed by atoms with E-state index < -0.39 is 29.9 Å². The summed E-state index contributed by atoms with van der Waals surface area (Å²) < 4.78 is 12.4. The van der Waals surface area contributed by atoms with E-state index in [0.29, 0.717) is 44.1 Å². The van der Waals surface area contributed by atoms with Gasteiger partial charge in [-0.05, 0) is 81.3 Å². The van der Waals surface area contributed by atoms with Crippen LogP contribution >= 0.6 is 11.3 Å². The van der Waals surface area contributed by atoms with Crippen molar-refractivity contribution in [2.45, 2.75) is 83.0 Å². The summed E-state index contributed by atoms with van der Waals surface area (Å²) in [7, 11) is 0. The Kier molecular flexibility index (Phi) is 12.0. The van der Waals surface area contributed by atoms with E-state index in [2.05, 4.69) is 32.7 Å². The highest BCUT2D eigenvalue weighted by molar-refractivity contribution is 7.18. The number of fused-ring (bicyclic) bond motifs is 2. The number of nitrogens with zero attached hydrogens (tertiary/aromatic N) is 1. The number of hydrogen-bond donors (Lipinski definition) is 5. The minimum absolute atomic E-state index is 0.0828. The highest BCUT2D eigenvalue weighted by atomic mass is 32.1. The van der Waals surface area contributed by atoms with Gasteiger partial charge in [0.2, 0.25) is 23.6 Å². The number of carbonyl (C=O) groups excluding carboxylic acids is 4. The number of amides is 4. The molecule has 4 amide bonds. The van der Waals surface area contributed by atoms with Crippen LogP contribution in [0, 0.1) is 18.8 Å². The average molecular weight is 705 g/mol. The molecule has 0 spiro atoms. The van der Waals surface area contributed by atoms with Gasteiger partial charge in [0, 0.05) is 38.0 Å². The minimum Gasteiger partial charge on any atom is -0.493 e. The number of thiazole rings is 1. The maximum Gasteiger partial charge on any atom is 0.243 e. The fourth-order valence-electron chi connectivity index (χ4n) is 7.12. The average Bonchev–Trinajstić information content (AvgIpc) is 3.54. The molecule has 4 heterocycles. The Labute approximate surface area is 296 Å². The molecule has 50 heavy (non-hydrogen) atoms. The monoisotopic (exact) mass is 704 g/mol. The van der Waals surface area contributed by atoms with Gasteiger partial charge < -0.3 is 36.1 Å². The summed E-state index contributed by atoms with van der Waals surface area (Å²) in [6.07, 6.45) is 3.61. The zero-order valence-corrected chi connectivity index (χ0v) is 29.6. The Morgan fingerprint density at radius 2 is 1.60 bits per heavy atom. The lowest BCUT2D eigenvalue weighted by Crippen LogP contribution is -2.61. The summed E-state index contributed by atoms with van der Waals surface area (Å²) in [6, 6.07) is 10.8. The number of nitrogens with one attached hydrogen (secondary N) is 5. The van der Waals surface area contributed by atoms with Gasteiger partial charge in [-0.25, -0.2) is 4.98 Å². The van der Waals surface area contributed by atoms with Crippen LogP contribution in [0.3, 0.4) is 0 Å². The summed E-state index contributed by atoms with van der Waals surface area (Å²) in [5, 5.41) is 16.3. The largest absolute Gasteiger partial charge is 0.493 e. The zero-order valence-electron chi connectivity index (χ0n) is 28.8. The summed E-state index contributed by atoms with van der Waals surface area (Å²) in [5.41, 5.74) is 2.86. The number of rotatable bonds is 12. The first-order valence-electron chi connectivity index (χ1n) is 17.9. The maximum absolute atomic E-state index is 14.4. The second-order valence-electron chi connectivity index (χ2n) is 13.5. The number of para-hydroxylation sites is 1. The number of piperidine rings is 1.